The average molecular weight is 340 g/mol. The third-order valence-electron chi connectivity index (χ3n) is 5.15. The van der Waals surface area contributed by atoms with Crippen molar-refractivity contribution in [2.45, 2.75) is 31.7 Å². The molecule has 2 amide bonds. The number of nitrogens with zero attached hydrogens (tertiary/aromatic N) is 2. The van der Waals surface area contributed by atoms with Gasteiger partial charge in [0, 0.05) is 24.7 Å². The molecule has 6 nitrogen and oxygen atoms in total. The van der Waals surface area contributed by atoms with Crippen LogP contribution in [-0.2, 0) is 4.79 Å². The predicted molar refractivity (Wildman–Crippen MR) is 93.8 cm³/mol. The maximum Gasteiger partial charge on any atom is 0.251 e. The Kier molecular flexibility index (Phi) is 5.67. The molecule has 0 saturated carbocycles. The van der Waals surface area contributed by atoms with Gasteiger partial charge in [0.2, 0.25) is 5.91 Å². The van der Waals surface area contributed by atoms with Gasteiger partial charge in [0.05, 0.1) is 18.2 Å². The Hall–Kier alpha value is -2.39. The van der Waals surface area contributed by atoms with Crippen molar-refractivity contribution < 1.29 is 9.59 Å². The highest BCUT2D eigenvalue weighted by molar-refractivity contribution is 5.96. The normalized spacial score (nSPS) is 23.1. The van der Waals surface area contributed by atoms with Gasteiger partial charge in [-0.25, -0.2) is 0 Å². The van der Waals surface area contributed by atoms with Gasteiger partial charge in [-0.2, -0.15) is 5.26 Å². The first-order valence-electron chi connectivity index (χ1n) is 8.97. The number of hydrogen-bond acceptors (Lipinski definition) is 4. The van der Waals surface area contributed by atoms with Crippen LogP contribution in [0.5, 0.6) is 0 Å². The lowest BCUT2D eigenvalue weighted by molar-refractivity contribution is -0.132. The van der Waals surface area contributed by atoms with Crippen molar-refractivity contribution in [1.29, 1.82) is 5.26 Å². The summed E-state index contributed by atoms with van der Waals surface area (Å²) in [5.74, 6) is 0.211. The van der Waals surface area contributed by atoms with Gasteiger partial charge < -0.3 is 15.5 Å². The van der Waals surface area contributed by atoms with Gasteiger partial charge in [-0.3, -0.25) is 9.59 Å². The molecule has 1 aromatic carbocycles. The largest absolute Gasteiger partial charge is 0.343 e. The molecule has 2 heterocycles. The highest BCUT2D eigenvalue weighted by atomic mass is 16.2. The third-order valence-corrected chi connectivity index (χ3v) is 5.15. The van der Waals surface area contributed by atoms with Crippen LogP contribution in [0.15, 0.2) is 24.3 Å². The maximum atomic E-state index is 12.4. The molecule has 6 heteroatoms. The highest BCUT2D eigenvalue weighted by Gasteiger charge is 2.30. The fourth-order valence-corrected chi connectivity index (χ4v) is 3.74. The number of nitriles is 1. The van der Waals surface area contributed by atoms with Gasteiger partial charge in [-0.15, -0.1) is 0 Å². The third kappa shape index (κ3) is 4.37. The lowest BCUT2D eigenvalue weighted by Crippen LogP contribution is -2.48. The van der Waals surface area contributed by atoms with Crippen molar-refractivity contribution in [1.82, 2.24) is 15.5 Å². The number of nitrogens with one attached hydrogen (secondary N) is 2. The van der Waals surface area contributed by atoms with E-state index < -0.39 is 0 Å². The number of benzene rings is 1. The molecule has 2 atom stereocenters. The molecule has 2 fully saturated rings. The van der Waals surface area contributed by atoms with Crippen LogP contribution in [0.3, 0.4) is 0 Å². The zero-order valence-electron chi connectivity index (χ0n) is 14.3. The molecular weight excluding hydrogens is 316 g/mol. The summed E-state index contributed by atoms with van der Waals surface area (Å²) in [5.41, 5.74) is 0.964. The second-order valence-corrected chi connectivity index (χ2v) is 6.82. The Morgan fingerprint density at radius 2 is 2.04 bits per heavy atom. The summed E-state index contributed by atoms with van der Waals surface area (Å²) in [6, 6.07) is 8.94. The van der Waals surface area contributed by atoms with Crippen LogP contribution >= 0.6 is 0 Å². The van der Waals surface area contributed by atoms with Crippen LogP contribution < -0.4 is 10.6 Å². The lowest BCUT2D eigenvalue weighted by atomic mass is 9.90. The Bertz CT molecular complexity index is 659. The average Bonchev–Trinajstić information content (AvgIpc) is 3.21. The zero-order valence-corrected chi connectivity index (χ0v) is 14.3. The second-order valence-electron chi connectivity index (χ2n) is 6.82. The number of carbonyl (C=O) groups is 2. The highest BCUT2D eigenvalue weighted by Crippen LogP contribution is 2.24. The quantitative estimate of drug-likeness (QED) is 0.865. The summed E-state index contributed by atoms with van der Waals surface area (Å²) in [6.45, 7) is 2.65. The second kappa shape index (κ2) is 8.13. The van der Waals surface area contributed by atoms with E-state index in [2.05, 4.69) is 10.6 Å². The first-order chi connectivity index (χ1) is 12.2. The topological polar surface area (TPSA) is 85.2 Å². The van der Waals surface area contributed by atoms with Crippen LogP contribution in [0.4, 0.5) is 0 Å². The molecule has 2 aliphatic heterocycles. The fourth-order valence-electron chi connectivity index (χ4n) is 3.74. The van der Waals surface area contributed by atoms with Gasteiger partial charge in [-0.05, 0) is 62.4 Å². The van der Waals surface area contributed by atoms with E-state index >= 15 is 0 Å². The molecule has 132 valence electrons. The lowest BCUT2D eigenvalue weighted by Gasteiger charge is -2.35. The fraction of sp³-hybridized carbons (Fsp3) is 0.526. The molecule has 0 spiro atoms. The zero-order chi connectivity index (χ0) is 17.6. The SMILES string of the molecule is N#Cc1ccc(C(=O)NCC(=O)N2CCCC(C3CCCN3)C2)cc1. The van der Waals surface area contributed by atoms with E-state index in [1.54, 1.807) is 24.3 Å². The number of amides is 2. The number of rotatable bonds is 4. The smallest absolute Gasteiger partial charge is 0.251 e. The molecular formula is C19H24N4O2. The molecule has 3 rings (SSSR count). The number of likely N-dealkylation sites (tertiary alicyclic amines) is 1. The number of hydrogen-bond donors (Lipinski definition) is 2. The van der Waals surface area contributed by atoms with Crippen molar-refractivity contribution in [2.24, 2.45) is 5.92 Å². The minimum Gasteiger partial charge on any atom is -0.343 e. The number of carbonyl (C=O) groups excluding carboxylic acids is 2. The van der Waals surface area contributed by atoms with Gasteiger partial charge in [0.1, 0.15) is 0 Å². The van der Waals surface area contributed by atoms with E-state index in [0.717, 1.165) is 26.1 Å². The molecule has 2 aliphatic rings. The van der Waals surface area contributed by atoms with E-state index in [1.807, 2.05) is 11.0 Å². The monoisotopic (exact) mass is 340 g/mol. The van der Waals surface area contributed by atoms with Gasteiger partial charge in [-0.1, -0.05) is 0 Å². The van der Waals surface area contributed by atoms with E-state index in [-0.39, 0.29) is 18.4 Å². The van der Waals surface area contributed by atoms with Crippen LogP contribution in [0.25, 0.3) is 0 Å². The Morgan fingerprint density at radius 3 is 2.72 bits per heavy atom. The van der Waals surface area contributed by atoms with Crippen LogP contribution in [0.1, 0.15) is 41.6 Å². The van der Waals surface area contributed by atoms with E-state index in [4.69, 9.17) is 5.26 Å². The molecule has 0 bridgehead atoms. The molecule has 2 saturated heterocycles. The first kappa shape index (κ1) is 17.4. The summed E-state index contributed by atoms with van der Waals surface area (Å²) < 4.78 is 0. The van der Waals surface area contributed by atoms with Crippen LogP contribution in [0, 0.1) is 17.2 Å². The summed E-state index contributed by atoms with van der Waals surface area (Å²) in [6.07, 6.45) is 4.61. The summed E-state index contributed by atoms with van der Waals surface area (Å²) in [5, 5.41) is 15.0. The van der Waals surface area contributed by atoms with E-state index in [9.17, 15) is 9.59 Å². The van der Waals surface area contributed by atoms with Gasteiger partial charge in [0.25, 0.3) is 5.91 Å². The molecule has 2 unspecified atom stereocenters. The number of piperidine rings is 1. The minimum absolute atomic E-state index is 0.0175. The molecule has 0 radical (unpaired) electrons. The van der Waals surface area contributed by atoms with Crippen LogP contribution in [-0.4, -0.2) is 48.9 Å². The van der Waals surface area contributed by atoms with Crippen molar-refractivity contribution in [3.63, 3.8) is 0 Å². The standard InChI is InChI=1S/C19H24N4O2/c20-11-14-5-7-15(8-6-14)19(25)22-12-18(24)23-10-2-3-16(13-23)17-4-1-9-21-17/h5-8,16-17,21H,1-4,9-10,12-13H2,(H,22,25). The van der Waals surface area contributed by atoms with Gasteiger partial charge in [0.15, 0.2) is 0 Å². The summed E-state index contributed by atoms with van der Waals surface area (Å²) >= 11 is 0. The van der Waals surface area contributed by atoms with Crippen molar-refractivity contribution in [3.05, 3.63) is 35.4 Å². The van der Waals surface area contributed by atoms with Crippen molar-refractivity contribution in [2.75, 3.05) is 26.2 Å². The molecule has 0 aliphatic carbocycles. The Balaban J connectivity index is 1.49. The molecule has 25 heavy (non-hydrogen) atoms. The molecule has 1 aromatic rings. The van der Waals surface area contributed by atoms with E-state index in [0.29, 0.717) is 23.1 Å². The first-order valence-corrected chi connectivity index (χ1v) is 8.97. The maximum absolute atomic E-state index is 12.4. The Labute approximate surface area is 148 Å². The van der Waals surface area contributed by atoms with Gasteiger partial charge >= 0.3 is 0 Å². The predicted octanol–water partition coefficient (Wildman–Crippen LogP) is 1.28. The van der Waals surface area contributed by atoms with Crippen LogP contribution in [0.2, 0.25) is 0 Å². The molecule has 0 aromatic heterocycles. The summed E-state index contributed by atoms with van der Waals surface area (Å²) in [4.78, 5) is 26.5. The van der Waals surface area contributed by atoms with E-state index in [1.165, 1.54) is 19.3 Å². The summed E-state index contributed by atoms with van der Waals surface area (Å²) in [7, 11) is 0. The minimum atomic E-state index is -0.288. The Morgan fingerprint density at radius 1 is 1.24 bits per heavy atom. The van der Waals surface area contributed by atoms with Crippen molar-refractivity contribution >= 4 is 11.8 Å². The van der Waals surface area contributed by atoms with Crippen molar-refractivity contribution in [3.8, 4) is 6.07 Å². The molecule has 2 N–H and O–H groups in total.